The number of primary amides is 1. The van der Waals surface area contributed by atoms with Crippen molar-refractivity contribution in [3.8, 4) is 0 Å². The van der Waals surface area contributed by atoms with Crippen molar-refractivity contribution >= 4 is 13.5 Å². The van der Waals surface area contributed by atoms with Gasteiger partial charge in [0.25, 0.3) is 0 Å². The van der Waals surface area contributed by atoms with Gasteiger partial charge in [-0.2, -0.15) is 0 Å². The molecule has 0 heterocycles. The Morgan fingerprint density at radius 2 is 1.67 bits per heavy atom. The van der Waals surface area contributed by atoms with E-state index in [1.807, 2.05) is 0 Å². The van der Waals surface area contributed by atoms with Gasteiger partial charge < -0.3 is 15.5 Å². The van der Waals surface area contributed by atoms with Crippen LogP contribution in [0.15, 0.2) is 0 Å². The minimum Gasteiger partial charge on any atom is -0.369 e. The predicted octanol–water partition coefficient (Wildman–Crippen LogP) is 0.456. The lowest BCUT2D eigenvalue weighted by Crippen LogP contribution is -2.15. The Labute approximate surface area is 72.1 Å². The van der Waals surface area contributed by atoms with Crippen LogP contribution in [-0.4, -0.2) is 21.9 Å². The van der Waals surface area contributed by atoms with E-state index in [0.717, 1.165) is 0 Å². The molecule has 0 rings (SSSR count). The van der Waals surface area contributed by atoms with Crippen LogP contribution in [0.5, 0.6) is 0 Å². The average molecular weight is 197 g/mol. The lowest BCUT2D eigenvalue weighted by atomic mass is 10.4. The Morgan fingerprint density at radius 3 is 1.67 bits per heavy atom. The molecule has 0 atom stereocenters. The average Bonchev–Trinajstić information content (AvgIpc) is 1.83. The van der Waals surface area contributed by atoms with Gasteiger partial charge in [-0.1, -0.05) is 26.7 Å². The maximum absolute atomic E-state index is 9.84. The molecule has 1 amide bonds. The molecule has 0 bridgehead atoms. The molecule has 0 saturated heterocycles. The molecule has 0 aliphatic carbocycles. The summed E-state index contributed by atoms with van der Waals surface area (Å²) in [5.41, 5.74) is 4.45. The van der Waals surface area contributed by atoms with Gasteiger partial charge in [0.15, 0.2) is 0 Å². The van der Waals surface area contributed by atoms with Gasteiger partial charge in [-0.05, 0) is 0 Å². The lowest BCUT2D eigenvalue weighted by Gasteiger charge is -1.96. The van der Waals surface area contributed by atoms with Crippen LogP contribution in [0.2, 0.25) is 0 Å². The summed E-state index contributed by atoms with van der Waals surface area (Å²) in [6, 6.07) is 0. The summed E-state index contributed by atoms with van der Waals surface area (Å²) in [5, 5.41) is 0. The van der Waals surface area contributed by atoms with E-state index >= 15 is 0 Å². The van der Waals surface area contributed by atoms with Crippen molar-refractivity contribution in [2.45, 2.75) is 26.7 Å². The quantitative estimate of drug-likeness (QED) is 0.572. The first-order valence-corrected chi connectivity index (χ1v) is 5.46. The molecule has 0 aromatic carbocycles. The fourth-order valence-electron chi connectivity index (χ4n) is 0.203. The number of carbonyl (C=O) groups excluding carboxylic acids is 1. The van der Waals surface area contributed by atoms with E-state index in [2.05, 4.69) is 19.6 Å². The van der Waals surface area contributed by atoms with Crippen molar-refractivity contribution in [3.63, 3.8) is 0 Å². The molecule has 0 radical (unpaired) electrons. The molecule has 0 aliphatic rings. The number of hydrogen-bond acceptors (Lipinski definition) is 2. The normalized spacial score (nSPS) is 10.0. The topological polar surface area (TPSA) is 101 Å². The van der Waals surface area contributed by atoms with E-state index in [1.54, 1.807) is 0 Å². The summed E-state index contributed by atoms with van der Waals surface area (Å²) in [6.45, 7) is 4.36. The van der Waals surface area contributed by atoms with Gasteiger partial charge in [0.05, 0.1) is 0 Å². The van der Waals surface area contributed by atoms with Crippen LogP contribution in [0.4, 0.5) is 0 Å². The van der Waals surface area contributed by atoms with Crippen LogP contribution < -0.4 is 5.73 Å². The van der Waals surface area contributed by atoms with Crippen molar-refractivity contribution in [3.05, 3.63) is 0 Å². The summed E-state index contributed by atoms with van der Waals surface area (Å²) in [7, 11) is -4.20. The van der Waals surface area contributed by atoms with Gasteiger partial charge in [0, 0.05) is 0 Å². The standard InChI is InChI=1S/C4H10.C2H6NO4P/c1-3-4-2;3-2(4)1-8(5,6)7/h3-4H2,1-2H3;1H2,(H2,3,4)(H2,5,6,7). The van der Waals surface area contributed by atoms with Crippen LogP contribution >= 0.6 is 7.60 Å². The van der Waals surface area contributed by atoms with Crippen LogP contribution in [-0.2, 0) is 9.36 Å². The molecule has 5 nitrogen and oxygen atoms in total. The molecule has 0 spiro atoms. The van der Waals surface area contributed by atoms with Gasteiger partial charge in [0.1, 0.15) is 6.16 Å². The number of carbonyl (C=O) groups is 1. The minimum absolute atomic E-state index is 0.868. The highest BCUT2D eigenvalue weighted by Crippen LogP contribution is 2.32. The van der Waals surface area contributed by atoms with Crippen molar-refractivity contribution in [1.29, 1.82) is 0 Å². The monoisotopic (exact) mass is 197 g/mol. The molecule has 0 saturated carbocycles. The van der Waals surface area contributed by atoms with Crippen LogP contribution in [0.3, 0.4) is 0 Å². The van der Waals surface area contributed by atoms with E-state index in [9.17, 15) is 9.36 Å². The van der Waals surface area contributed by atoms with E-state index in [1.165, 1.54) is 12.8 Å². The highest BCUT2D eigenvalue weighted by Gasteiger charge is 2.15. The molecule has 0 aromatic rings. The molecule has 0 fully saturated rings. The second-order valence-corrected chi connectivity index (χ2v) is 3.93. The molecule has 12 heavy (non-hydrogen) atoms. The SMILES string of the molecule is CCCC.NC(=O)CP(=O)(O)O. The van der Waals surface area contributed by atoms with Gasteiger partial charge in [-0.15, -0.1) is 0 Å². The number of hydrogen-bond donors (Lipinski definition) is 3. The van der Waals surface area contributed by atoms with E-state index in [4.69, 9.17) is 9.79 Å². The van der Waals surface area contributed by atoms with Gasteiger partial charge >= 0.3 is 7.60 Å². The third kappa shape index (κ3) is 22.6. The molecule has 74 valence electrons. The molecule has 0 aromatic heterocycles. The fraction of sp³-hybridized carbons (Fsp3) is 0.833. The van der Waals surface area contributed by atoms with Gasteiger partial charge in [-0.3, -0.25) is 9.36 Å². The van der Waals surface area contributed by atoms with Gasteiger partial charge in [0.2, 0.25) is 5.91 Å². The maximum Gasteiger partial charge on any atom is 0.334 e. The Bertz CT molecular complexity index is 163. The first-order chi connectivity index (χ1) is 5.33. The third-order valence-electron chi connectivity index (χ3n) is 0.862. The van der Waals surface area contributed by atoms with Crippen LogP contribution in [0, 0.1) is 0 Å². The van der Waals surface area contributed by atoms with Crippen molar-refractivity contribution in [1.82, 2.24) is 0 Å². The highest BCUT2D eigenvalue weighted by atomic mass is 31.2. The Morgan fingerprint density at radius 1 is 1.33 bits per heavy atom. The van der Waals surface area contributed by atoms with Crippen molar-refractivity contribution in [2.75, 3.05) is 6.16 Å². The maximum atomic E-state index is 9.84. The summed E-state index contributed by atoms with van der Waals surface area (Å²) in [6.07, 6.45) is 1.77. The lowest BCUT2D eigenvalue weighted by molar-refractivity contribution is -0.115. The van der Waals surface area contributed by atoms with Gasteiger partial charge in [-0.25, -0.2) is 0 Å². The smallest absolute Gasteiger partial charge is 0.334 e. The molecule has 0 unspecified atom stereocenters. The third-order valence-corrected chi connectivity index (χ3v) is 1.59. The second kappa shape index (κ2) is 7.28. The Kier molecular flexibility index (Phi) is 8.59. The van der Waals surface area contributed by atoms with E-state index in [0.29, 0.717) is 0 Å². The van der Waals surface area contributed by atoms with Crippen LogP contribution in [0.1, 0.15) is 26.7 Å². The largest absolute Gasteiger partial charge is 0.369 e. The zero-order valence-corrected chi connectivity index (χ0v) is 8.25. The molecule has 6 heteroatoms. The number of rotatable bonds is 3. The second-order valence-electron chi connectivity index (χ2n) is 2.29. The van der Waals surface area contributed by atoms with Crippen molar-refractivity contribution < 1.29 is 19.1 Å². The Balaban J connectivity index is 0. The molecule has 0 aliphatic heterocycles. The van der Waals surface area contributed by atoms with Crippen molar-refractivity contribution in [2.24, 2.45) is 5.73 Å². The predicted molar refractivity (Wildman–Crippen MR) is 46.7 cm³/mol. The Hall–Kier alpha value is -0.380. The van der Waals surface area contributed by atoms with E-state index < -0.39 is 19.7 Å². The first kappa shape index (κ1) is 14.2. The summed E-state index contributed by atoms with van der Waals surface area (Å²) < 4.78 is 9.84. The zero-order valence-electron chi connectivity index (χ0n) is 7.36. The minimum atomic E-state index is -4.20. The number of amides is 1. The molecular formula is C6H16NO4P. The highest BCUT2D eigenvalue weighted by molar-refractivity contribution is 7.52. The van der Waals surface area contributed by atoms with E-state index in [-0.39, 0.29) is 0 Å². The first-order valence-electron chi connectivity index (χ1n) is 3.66. The summed E-state index contributed by atoms with van der Waals surface area (Å²) >= 11 is 0. The number of nitrogens with two attached hydrogens (primary N) is 1. The molecule has 4 N–H and O–H groups in total. The zero-order chi connectivity index (χ0) is 10.2. The fourth-order valence-corrected chi connectivity index (χ4v) is 0.609. The molecular weight excluding hydrogens is 181 g/mol. The summed E-state index contributed by atoms with van der Waals surface area (Å²) in [5.74, 6) is -0.988. The van der Waals surface area contributed by atoms with Crippen LogP contribution in [0.25, 0.3) is 0 Å². The summed E-state index contributed by atoms with van der Waals surface area (Å²) in [4.78, 5) is 25.7. The number of unbranched alkanes of at least 4 members (excludes halogenated alkanes) is 1.